The molecule has 0 aliphatic carbocycles. The van der Waals surface area contributed by atoms with Gasteiger partial charge in [-0.15, -0.1) is 5.10 Å². The summed E-state index contributed by atoms with van der Waals surface area (Å²) in [5.41, 5.74) is 7.69. The molecule has 6 nitrogen and oxygen atoms in total. The fourth-order valence-corrected chi connectivity index (χ4v) is 1.60. The van der Waals surface area contributed by atoms with Crippen LogP contribution in [-0.4, -0.2) is 20.7 Å². The van der Waals surface area contributed by atoms with E-state index in [0.29, 0.717) is 12.1 Å². The summed E-state index contributed by atoms with van der Waals surface area (Å²) in [6.07, 6.45) is 1.46. The van der Waals surface area contributed by atoms with E-state index < -0.39 is 5.91 Å². The van der Waals surface area contributed by atoms with Gasteiger partial charge < -0.3 is 5.73 Å². The fourth-order valence-electron chi connectivity index (χ4n) is 1.60. The molecular weight excluding hydrogens is 230 g/mol. The lowest BCUT2D eigenvalue weighted by molar-refractivity contribution is 0.0990. The summed E-state index contributed by atoms with van der Waals surface area (Å²) in [6.45, 7) is 2.40. The summed E-state index contributed by atoms with van der Waals surface area (Å²) in [5, 5.41) is 12.7. The van der Waals surface area contributed by atoms with Crippen LogP contribution >= 0.6 is 0 Å². The van der Waals surface area contributed by atoms with E-state index in [1.54, 1.807) is 12.1 Å². The number of benzene rings is 1. The van der Waals surface area contributed by atoms with Crippen LogP contribution in [0, 0.1) is 18.3 Å². The number of amides is 1. The van der Waals surface area contributed by atoms with Crippen LogP contribution in [0.15, 0.2) is 24.5 Å². The van der Waals surface area contributed by atoms with Crippen molar-refractivity contribution in [2.75, 3.05) is 0 Å². The number of aryl methyl sites for hydroxylation is 1. The summed E-state index contributed by atoms with van der Waals surface area (Å²) in [5.74, 6) is -0.647. The van der Waals surface area contributed by atoms with Crippen LogP contribution in [0.4, 0.5) is 0 Å². The molecule has 0 aliphatic heterocycles. The second kappa shape index (κ2) is 4.67. The molecule has 1 amide bonds. The first-order chi connectivity index (χ1) is 8.60. The quantitative estimate of drug-likeness (QED) is 0.850. The van der Waals surface area contributed by atoms with Gasteiger partial charge in [0.15, 0.2) is 0 Å². The Hall–Kier alpha value is -2.68. The van der Waals surface area contributed by atoms with Gasteiger partial charge in [0.25, 0.3) is 5.91 Å². The van der Waals surface area contributed by atoms with Gasteiger partial charge in [0.1, 0.15) is 6.33 Å². The van der Waals surface area contributed by atoms with Crippen LogP contribution in [0.5, 0.6) is 0 Å². The number of nitrogens with zero attached hydrogens (tertiary/aromatic N) is 4. The second-order valence-electron chi connectivity index (χ2n) is 3.88. The fraction of sp³-hybridized carbons (Fsp3) is 0.167. The molecule has 1 aromatic carbocycles. The average molecular weight is 241 g/mol. The highest BCUT2D eigenvalue weighted by Crippen LogP contribution is 2.11. The molecule has 0 spiro atoms. The van der Waals surface area contributed by atoms with Crippen molar-refractivity contribution in [1.29, 1.82) is 5.26 Å². The summed E-state index contributed by atoms with van der Waals surface area (Å²) < 4.78 is 1.54. The number of aromatic nitrogens is 3. The maximum atomic E-state index is 10.9. The minimum absolute atomic E-state index is 0.00120. The molecule has 2 aromatic rings. The summed E-state index contributed by atoms with van der Waals surface area (Å²) in [6, 6.07) is 7.49. The van der Waals surface area contributed by atoms with Crippen molar-refractivity contribution in [3.8, 4) is 6.07 Å². The first kappa shape index (κ1) is 11.8. The highest BCUT2D eigenvalue weighted by atomic mass is 16.1. The van der Waals surface area contributed by atoms with E-state index in [2.05, 4.69) is 16.2 Å². The van der Waals surface area contributed by atoms with E-state index >= 15 is 0 Å². The van der Waals surface area contributed by atoms with Crippen molar-refractivity contribution in [1.82, 2.24) is 14.8 Å². The van der Waals surface area contributed by atoms with Crippen LogP contribution in [0.1, 0.15) is 27.3 Å². The number of carbonyl (C=O) groups is 1. The normalized spacial score (nSPS) is 10.0. The molecule has 1 heterocycles. The van der Waals surface area contributed by atoms with E-state index in [9.17, 15) is 4.79 Å². The molecule has 90 valence electrons. The zero-order chi connectivity index (χ0) is 13.1. The molecule has 0 unspecified atom stereocenters. The maximum Gasteiger partial charge on any atom is 0.288 e. The average Bonchev–Trinajstić information content (AvgIpc) is 2.80. The van der Waals surface area contributed by atoms with Crippen LogP contribution in [0.25, 0.3) is 0 Å². The summed E-state index contributed by atoms with van der Waals surface area (Å²) in [7, 11) is 0. The Labute approximate surface area is 104 Å². The second-order valence-corrected chi connectivity index (χ2v) is 3.88. The monoisotopic (exact) mass is 241 g/mol. The number of carbonyl (C=O) groups excluding carboxylic acids is 1. The van der Waals surface area contributed by atoms with Gasteiger partial charge in [-0.25, -0.2) is 9.67 Å². The largest absolute Gasteiger partial charge is 0.363 e. The van der Waals surface area contributed by atoms with Gasteiger partial charge in [0.05, 0.1) is 18.2 Å². The minimum Gasteiger partial charge on any atom is -0.363 e. The molecule has 6 heteroatoms. The van der Waals surface area contributed by atoms with E-state index in [1.807, 2.05) is 13.0 Å². The first-order valence-electron chi connectivity index (χ1n) is 5.29. The van der Waals surface area contributed by atoms with Crippen LogP contribution in [0.3, 0.4) is 0 Å². The lowest BCUT2D eigenvalue weighted by atomic mass is 10.1. The Bertz CT molecular complexity index is 638. The van der Waals surface area contributed by atoms with Crippen LogP contribution < -0.4 is 5.73 Å². The van der Waals surface area contributed by atoms with E-state index in [1.165, 1.54) is 11.0 Å². The summed E-state index contributed by atoms with van der Waals surface area (Å²) in [4.78, 5) is 14.7. The topological polar surface area (TPSA) is 97.6 Å². The molecule has 0 fully saturated rings. The Morgan fingerprint density at radius 1 is 1.56 bits per heavy atom. The molecule has 0 saturated heterocycles. The van der Waals surface area contributed by atoms with Gasteiger partial charge in [0, 0.05) is 0 Å². The molecule has 0 aliphatic rings. The predicted octanol–water partition coefficient (Wildman–Crippen LogP) is 0.605. The lowest BCUT2D eigenvalue weighted by Crippen LogP contribution is -2.14. The summed E-state index contributed by atoms with van der Waals surface area (Å²) >= 11 is 0. The van der Waals surface area contributed by atoms with Crippen molar-refractivity contribution in [2.24, 2.45) is 5.73 Å². The molecular formula is C12H11N5O. The molecule has 2 N–H and O–H groups in total. The van der Waals surface area contributed by atoms with Crippen molar-refractivity contribution < 1.29 is 4.79 Å². The zero-order valence-electron chi connectivity index (χ0n) is 9.79. The van der Waals surface area contributed by atoms with E-state index in [4.69, 9.17) is 11.0 Å². The van der Waals surface area contributed by atoms with Gasteiger partial charge in [-0.1, -0.05) is 6.07 Å². The Morgan fingerprint density at radius 2 is 2.33 bits per heavy atom. The maximum absolute atomic E-state index is 10.9. The lowest BCUT2D eigenvalue weighted by Gasteiger charge is -2.05. The van der Waals surface area contributed by atoms with Crippen LogP contribution in [-0.2, 0) is 6.54 Å². The number of primary amides is 1. The predicted molar refractivity (Wildman–Crippen MR) is 63.5 cm³/mol. The van der Waals surface area contributed by atoms with Crippen molar-refractivity contribution in [2.45, 2.75) is 13.5 Å². The molecule has 2 rings (SSSR count). The molecule has 0 atom stereocenters. The number of rotatable bonds is 3. The number of nitrogens with two attached hydrogens (primary N) is 1. The highest BCUT2D eigenvalue weighted by molar-refractivity contribution is 5.88. The molecule has 18 heavy (non-hydrogen) atoms. The van der Waals surface area contributed by atoms with Crippen molar-refractivity contribution in [3.63, 3.8) is 0 Å². The molecule has 1 aromatic heterocycles. The van der Waals surface area contributed by atoms with Crippen molar-refractivity contribution in [3.05, 3.63) is 47.0 Å². The highest BCUT2D eigenvalue weighted by Gasteiger charge is 2.07. The number of hydrogen-bond donors (Lipinski definition) is 1. The first-order valence-corrected chi connectivity index (χ1v) is 5.29. The molecule has 0 bridgehead atoms. The third kappa shape index (κ3) is 2.35. The smallest absolute Gasteiger partial charge is 0.288 e. The minimum atomic E-state index is -0.648. The number of hydrogen-bond acceptors (Lipinski definition) is 4. The third-order valence-electron chi connectivity index (χ3n) is 2.56. The van der Waals surface area contributed by atoms with Gasteiger partial charge in [0.2, 0.25) is 5.82 Å². The number of nitriles is 1. The van der Waals surface area contributed by atoms with Crippen molar-refractivity contribution >= 4 is 5.91 Å². The van der Waals surface area contributed by atoms with Gasteiger partial charge in [-0.05, 0) is 30.2 Å². The van der Waals surface area contributed by atoms with Gasteiger partial charge >= 0.3 is 0 Å². The SMILES string of the molecule is Cc1cc(C#N)ccc1Cn1cnc(C(N)=O)n1. The standard InChI is InChI=1S/C12H11N5O/c1-8-4-9(5-13)2-3-10(8)6-17-7-15-12(16-17)11(14)18/h2-4,7H,6H2,1H3,(H2,14,18). The zero-order valence-corrected chi connectivity index (χ0v) is 9.79. The van der Waals surface area contributed by atoms with E-state index in [-0.39, 0.29) is 5.82 Å². The Morgan fingerprint density at radius 3 is 2.89 bits per heavy atom. The van der Waals surface area contributed by atoms with E-state index in [0.717, 1.165) is 11.1 Å². The third-order valence-corrected chi connectivity index (χ3v) is 2.56. The molecule has 0 saturated carbocycles. The Kier molecular flexibility index (Phi) is 3.06. The molecule has 0 radical (unpaired) electrons. The van der Waals surface area contributed by atoms with Crippen LogP contribution in [0.2, 0.25) is 0 Å². The Balaban J connectivity index is 2.23. The van der Waals surface area contributed by atoms with Gasteiger partial charge in [-0.2, -0.15) is 5.26 Å². The van der Waals surface area contributed by atoms with Gasteiger partial charge in [-0.3, -0.25) is 4.79 Å².